The van der Waals surface area contributed by atoms with Crippen molar-refractivity contribution in [3.8, 4) is 66.6 Å². The molecule has 0 fully saturated rings. The first-order valence-electron chi connectivity index (χ1n) is 19.2. The molecule has 0 bridgehead atoms. The second-order valence-corrected chi connectivity index (χ2v) is 15.9. The Kier molecular flexibility index (Phi) is 6.75. The summed E-state index contributed by atoms with van der Waals surface area (Å²) in [6.45, 7) is 0. The van der Waals surface area contributed by atoms with E-state index >= 15 is 0 Å². The minimum Gasteiger partial charge on any atom is -0.228 e. The standard InChI is InChI=1S/C53H32N2S/c1-2-15-34(16-3-1)46-32-47(55-52(54-46)38-29-28-33-14-4-5-17-35(33)30-38)37-19-12-18-36(31-37)39-23-13-26-45-49(39)51-50(42-22-8-11-27-48(42)56-51)53(45)43-24-9-6-20-40(43)41-21-7-10-25-44(41)53/h1-32H. The van der Waals surface area contributed by atoms with Crippen molar-refractivity contribution in [2.75, 3.05) is 0 Å². The number of nitrogens with zero attached hydrogens (tertiary/aromatic N) is 2. The minimum atomic E-state index is -0.406. The zero-order chi connectivity index (χ0) is 36.8. The largest absolute Gasteiger partial charge is 0.228 e. The quantitative estimate of drug-likeness (QED) is 0.180. The van der Waals surface area contributed by atoms with Crippen LogP contribution in [0.1, 0.15) is 22.3 Å². The Morgan fingerprint density at radius 2 is 1.00 bits per heavy atom. The van der Waals surface area contributed by atoms with Crippen LogP contribution in [-0.4, -0.2) is 9.97 Å². The van der Waals surface area contributed by atoms with Crippen LogP contribution in [0.4, 0.5) is 0 Å². The van der Waals surface area contributed by atoms with Gasteiger partial charge in [0.05, 0.1) is 16.8 Å². The van der Waals surface area contributed by atoms with Crippen LogP contribution >= 0.6 is 11.3 Å². The van der Waals surface area contributed by atoms with Crippen molar-refractivity contribution in [1.82, 2.24) is 9.97 Å². The van der Waals surface area contributed by atoms with Crippen LogP contribution in [0.25, 0.3) is 87.5 Å². The number of hydrogen-bond donors (Lipinski definition) is 0. The van der Waals surface area contributed by atoms with Crippen LogP contribution in [0.5, 0.6) is 0 Å². The molecule has 0 saturated carbocycles. The van der Waals surface area contributed by atoms with E-state index in [4.69, 9.17) is 9.97 Å². The first-order valence-corrected chi connectivity index (χ1v) is 20.0. The number of hydrogen-bond acceptors (Lipinski definition) is 3. The molecule has 2 nitrogen and oxygen atoms in total. The first kappa shape index (κ1) is 31.4. The highest BCUT2D eigenvalue weighted by atomic mass is 32.1. The van der Waals surface area contributed by atoms with E-state index in [9.17, 15) is 0 Å². The second kappa shape index (κ2) is 12.0. The zero-order valence-electron chi connectivity index (χ0n) is 30.3. The summed E-state index contributed by atoms with van der Waals surface area (Å²) in [5.74, 6) is 0.716. The van der Waals surface area contributed by atoms with Gasteiger partial charge in [0, 0.05) is 31.8 Å². The number of rotatable bonds is 4. The van der Waals surface area contributed by atoms with Gasteiger partial charge in [-0.3, -0.25) is 0 Å². The molecular weight excluding hydrogens is 697 g/mol. The van der Waals surface area contributed by atoms with Gasteiger partial charge in [0.1, 0.15) is 0 Å². The van der Waals surface area contributed by atoms with Gasteiger partial charge in [0.15, 0.2) is 5.82 Å². The highest BCUT2D eigenvalue weighted by Crippen LogP contribution is 2.67. The van der Waals surface area contributed by atoms with Crippen molar-refractivity contribution in [2.24, 2.45) is 0 Å². The molecule has 3 heteroatoms. The van der Waals surface area contributed by atoms with Crippen molar-refractivity contribution >= 4 is 32.2 Å². The Balaban J connectivity index is 1.08. The van der Waals surface area contributed by atoms with Crippen molar-refractivity contribution in [1.29, 1.82) is 0 Å². The molecule has 8 aromatic carbocycles. The maximum absolute atomic E-state index is 5.28. The van der Waals surface area contributed by atoms with E-state index in [0.717, 1.165) is 28.1 Å². The molecule has 2 aliphatic carbocycles. The molecular formula is C53H32N2S. The number of thiophene rings is 1. The van der Waals surface area contributed by atoms with E-state index in [1.807, 2.05) is 17.4 Å². The summed E-state index contributed by atoms with van der Waals surface area (Å²) in [5.41, 5.74) is 16.4. The summed E-state index contributed by atoms with van der Waals surface area (Å²) >= 11 is 1.93. The Labute approximate surface area is 329 Å². The maximum Gasteiger partial charge on any atom is 0.160 e. The van der Waals surface area contributed by atoms with Gasteiger partial charge in [0.2, 0.25) is 0 Å². The normalized spacial score (nSPS) is 13.1. The Morgan fingerprint density at radius 1 is 0.393 bits per heavy atom. The predicted molar refractivity (Wildman–Crippen MR) is 233 cm³/mol. The average Bonchev–Trinajstić information content (AvgIpc) is 3.90. The summed E-state index contributed by atoms with van der Waals surface area (Å²) in [4.78, 5) is 11.8. The fourth-order valence-electron chi connectivity index (χ4n) is 9.53. The zero-order valence-corrected chi connectivity index (χ0v) is 31.1. The third kappa shape index (κ3) is 4.43. The van der Waals surface area contributed by atoms with Crippen molar-refractivity contribution in [3.05, 3.63) is 216 Å². The Morgan fingerprint density at radius 3 is 1.82 bits per heavy atom. The summed E-state index contributed by atoms with van der Waals surface area (Å²) < 4.78 is 1.32. The summed E-state index contributed by atoms with van der Waals surface area (Å²) in [6, 6.07) is 70.5. The van der Waals surface area contributed by atoms with Crippen LogP contribution < -0.4 is 0 Å². The van der Waals surface area contributed by atoms with E-state index < -0.39 is 5.41 Å². The third-order valence-corrected chi connectivity index (χ3v) is 13.1. The molecule has 12 rings (SSSR count). The highest BCUT2D eigenvalue weighted by molar-refractivity contribution is 7.22. The SMILES string of the molecule is c1ccc(-c2cc(-c3cccc(-c4cccc5c4-c4sc6ccccc6c4C54c5ccccc5-c5ccccc54)c3)nc(-c3ccc4ccccc4c3)n2)cc1. The van der Waals surface area contributed by atoms with Crippen LogP contribution in [0, 0.1) is 0 Å². The smallest absolute Gasteiger partial charge is 0.160 e. The van der Waals surface area contributed by atoms with Crippen molar-refractivity contribution in [2.45, 2.75) is 5.41 Å². The van der Waals surface area contributed by atoms with Gasteiger partial charge in [-0.25, -0.2) is 9.97 Å². The van der Waals surface area contributed by atoms with E-state index in [-0.39, 0.29) is 0 Å². The number of benzene rings is 8. The Bertz CT molecular complexity index is 3170. The van der Waals surface area contributed by atoms with E-state index in [2.05, 4.69) is 188 Å². The molecule has 0 unspecified atom stereocenters. The fourth-order valence-corrected chi connectivity index (χ4v) is 10.9. The molecule has 2 aromatic heterocycles. The Hall–Kier alpha value is -6.94. The molecule has 2 heterocycles. The van der Waals surface area contributed by atoms with Crippen LogP contribution in [0.15, 0.2) is 194 Å². The van der Waals surface area contributed by atoms with Crippen LogP contribution in [0.2, 0.25) is 0 Å². The van der Waals surface area contributed by atoms with Gasteiger partial charge >= 0.3 is 0 Å². The first-order chi connectivity index (χ1) is 27.8. The van der Waals surface area contributed by atoms with Gasteiger partial charge in [-0.2, -0.15) is 0 Å². The molecule has 10 aromatic rings. The van der Waals surface area contributed by atoms with Crippen molar-refractivity contribution < 1.29 is 0 Å². The summed E-state index contributed by atoms with van der Waals surface area (Å²) in [7, 11) is 0. The fraction of sp³-hybridized carbons (Fsp3) is 0.0189. The predicted octanol–water partition coefficient (Wildman–Crippen LogP) is 13.9. The molecule has 0 N–H and O–H groups in total. The molecule has 260 valence electrons. The van der Waals surface area contributed by atoms with Crippen molar-refractivity contribution in [3.63, 3.8) is 0 Å². The molecule has 0 saturated heterocycles. The lowest BCUT2D eigenvalue weighted by Gasteiger charge is -2.30. The number of fused-ring (bicyclic) bond motifs is 13. The van der Waals surface area contributed by atoms with E-state index in [0.29, 0.717) is 5.82 Å². The van der Waals surface area contributed by atoms with Gasteiger partial charge in [-0.05, 0) is 84.9 Å². The summed E-state index contributed by atoms with van der Waals surface area (Å²) in [6.07, 6.45) is 0. The van der Waals surface area contributed by atoms with Gasteiger partial charge in [0.25, 0.3) is 0 Å². The highest BCUT2D eigenvalue weighted by Gasteiger charge is 2.53. The van der Waals surface area contributed by atoms with E-state index in [1.54, 1.807) is 0 Å². The van der Waals surface area contributed by atoms with Crippen LogP contribution in [0.3, 0.4) is 0 Å². The third-order valence-electron chi connectivity index (χ3n) is 11.9. The van der Waals surface area contributed by atoms with Crippen LogP contribution in [-0.2, 0) is 5.41 Å². The molecule has 0 radical (unpaired) electrons. The number of aromatic nitrogens is 2. The molecule has 1 spiro atoms. The lowest BCUT2D eigenvalue weighted by atomic mass is 9.70. The lowest BCUT2D eigenvalue weighted by Crippen LogP contribution is -2.25. The second-order valence-electron chi connectivity index (χ2n) is 14.8. The van der Waals surface area contributed by atoms with E-state index in [1.165, 1.54) is 75.8 Å². The van der Waals surface area contributed by atoms with Gasteiger partial charge in [-0.15, -0.1) is 11.3 Å². The minimum absolute atomic E-state index is 0.406. The molecule has 56 heavy (non-hydrogen) atoms. The monoisotopic (exact) mass is 728 g/mol. The molecule has 0 amide bonds. The average molecular weight is 729 g/mol. The molecule has 0 atom stereocenters. The lowest BCUT2D eigenvalue weighted by molar-refractivity contribution is 0.803. The maximum atomic E-state index is 5.28. The molecule has 0 aliphatic heterocycles. The van der Waals surface area contributed by atoms with Gasteiger partial charge < -0.3 is 0 Å². The summed E-state index contributed by atoms with van der Waals surface area (Å²) in [5, 5.41) is 3.71. The molecule has 2 aliphatic rings. The topological polar surface area (TPSA) is 25.8 Å². The van der Waals surface area contributed by atoms with Gasteiger partial charge in [-0.1, -0.05) is 170 Å².